The lowest BCUT2D eigenvalue weighted by molar-refractivity contribution is 0.0710. The van der Waals surface area contributed by atoms with Gasteiger partial charge in [0.2, 0.25) is 0 Å². The van der Waals surface area contributed by atoms with Crippen molar-refractivity contribution in [3.8, 4) is 0 Å². The van der Waals surface area contributed by atoms with Crippen molar-refractivity contribution in [2.75, 3.05) is 39.5 Å². The first-order chi connectivity index (χ1) is 10.3. The first-order valence-corrected chi connectivity index (χ1v) is 10.4. The van der Waals surface area contributed by atoms with E-state index < -0.39 is 8.80 Å². The van der Waals surface area contributed by atoms with Crippen molar-refractivity contribution in [1.29, 1.82) is 0 Å². The van der Waals surface area contributed by atoms with Crippen molar-refractivity contribution in [2.45, 2.75) is 52.5 Å². The summed E-state index contributed by atoms with van der Waals surface area (Å²) in [6, 6.07) is 0.847. The van der Waals surface area contributed by atoms with Crippen LogP contribution in [-0.4, -0.2) is 59.5 Å². The smallest absolute Gasteiger partial charge is 0.374 e. The maximum atomic E-state index is 5.84. The molecule has 0 radical (unpaired) electrons. The molecule has 1 rings (SSSR count). The van der Waals surface area contributed by atoms with Crippen LogP contribution in [0.15, 0.2) is 4.99 Å². The van der Waals surface area contributed by atoms with Gasteiger partial charge in [-0.2, -0.15) is 0 Å². The number of nitrogens with zero attached hydrogens (tertiary/aromatic N) is 2. The van der Waals surface area contributed by atoms with Crippen molar-refractivity contribution < 1.29 is 13.3 Å². The summed E-state index contributed by atoms with van der Waals surface area (Å²) >= 11 is 0. The van der Waals surface area contributed by atoms with E-state index in [0.29, 0.717) is 19.8 Å². The Balaban J connectivity index is 2.32. The molecule has 0 unspecified atom stereocenters. The van der Waals surface area contributed by atoms with E-state index >= 15 is 0 Å². The molecule has 5 nitrogen and oxygen atoms in total. The Morgan fingerprint density at radius 1 is 0.952 bits per heavy atom. The van der Waals surface area contributed by atoms with E-state index in [0.717, 1.165) is 32.1 Å². The summed E-state index contributed by atoms with van der Waals surface area (Å²) in [6.45, 7) is 11.0. The summed E-state index contributed by atoms with van der Waals surface area (Å²) in [6.07, 6.45) is 6.92. The maximum absolute atomic E-state index is 5.84. The topological polar surface area (TPSA) is 43.3 Å². The lowest BCUT2D eigenvalue weighted by Gasteiger charge is -2.28. The van der Waals surface area contributed by atoms with Gasteiger partial charge in [0.15, 0.2) is 0 Å². The largest absolute Gasteiger partial charge is 0.500 e. The van der Waals surface area contributed by atoms with Crippen LogP contribution >= 0.6 is 0 Å². The minimum absolute atomic E-state index is 0.642. The minimum Gasteiger partial charge on any atom is -0.374 e. The molecule has 6 heteroatoms. The minimum atomic E-state index is -2.47. The average Bonchev–Trinajstić information content (AvgIpc) is 2.49. The molecule has 0 atom stereocenters. The van der Waals surface area contributed by atoms with Gasteiger partial charge < -0.3 is 18.2 Å². The molecule has 0 aromatic carbocycles. The van der Waals surface area contributed by atoms with Crippen LogP contribution in [0.4, 0.5) is 0 Å². The van der Waals surface area contributed by atoms with E-state index in [2.05, 4.69) is 9.89 Å². The molecule has 1 aliphatic heterocycles. The SMILES string of the molecule is CCO[Si](CCCN=CN1CCCCC1)(OCC)OCC. The predicted octanol–water partition coefficient (Wildman–Crippen LogP) is 2.94. The first kappa shape index (κ1) is 18.6. The Morgan fingerprint density at radius 2 is 1.52 bits per heavy atom. The van der Waals surface area contributed by atoms with Gasteiger partial charge in [-0.25, -0.2) is 0 Å². The van der Waals surface area contributed by atoms with Gasteiger partial charge in [-0.1, -0.05) is 0 Å². The van der Waals surface area contributed by atoms with Gasteiger partial charge in [-0.3, -0.25) is 4.99 Å². The highest BCUT2D eigenvalue weighted by Gasteiger charge is 2.39. The molecule has 0 spiro atoms. The number of piperidine rings is 1. The van der Waals surface area contributed by atoms with Crippen molar-refractivity contribution in [2.24, 2.45) is 4.99 Å². The van der Waals surface area contributed by atoms with Crippen LogP contribution in [-0.2, 0) is 13.3 Å². The van der Waals surface area contributed by atoms with E-state index in [1.807, 2.05) is 27.1 Å². The van der Waals surface area contributed by atoms with Gasteiger partial charge in [0, 0.05) is 45.5 Å². The number of aliphatic imine (C=N–C) groups is 1. The third kappa shape index (κ3) is 7.40. The van der Waals surface area contributed by atoms with E-state index in [1.54, 1.807) is 0 Å². The van der Waals surface area contributed by atoms with Crippen LogP contribution in [0.2, 0.25) is 6.04 Å². The Kier molecular flexibility index (Phi) is 9.91. The number of likely N-dealkylation sites (tertiary alicyclic amines) is 1. The summed E-state index contributed by atoms with van der Waals surface area (Å²) in [4.78, 5) is 6.86. The molecule has 0 N–H and O–H groups in total. The van der Waals surface area contributed by atoms with E-state index in [4.69, 9.17) is 13.3 Å². The first-order valence-electron chi connectivity index (χ1n) is 8.42. The monoisotopic (exact) mass is 316 g/mol. The van der Waals surface area contributed by atoms with Gasteiger partial charge in [0.05, 0.1) is 6.34 Å². The van der Waals surface area contributed by atoms with Crippen molar-refractivity contribution >= 4 is 15.1 Å². The van der Waals surface area contributed by atoms with Gasteiger partial charge in [0.25, 0.3) is 0 Å². The van der Waals surface area contributed by atoms with Gasteiger partial charge in [-0.05, 0) is 46.5 Å². The molecule has 0 aliphatic carbocycles. The second-order valence-corrected chi connectivity index (χ2v) is 7.94. The lowest BCUT2D eigenvalue weighted by atomic mass is 10.1. The zero-order chi connectivity index (χ0) is 15.4. The van der Waals surface area contributed by atoms with E-state index in [9.17, 15) is 0 Å². The molecule has 0 bridgehead atoms. The summed E-state index contributed by atoms with van der Waals surface area (Å²) in [7, 11) is -2.47. The molecular weight excluding hydrogens is 284 g/mol. The second-order valence-electron chi connectivity index (χ2n) is 5.20. The Bertz CT molecular complexity index is 267. The van der Waals surface area contributed by atoms with Crippen molar-refractivity contribution in [3.63, 3.8) is 0 Å². The number of rotatable bonds is 11. The molecule has 0 aromatic heterocycles. The fourth-order valence-electron chi connectivity index (χ4n) is 2.60. The van der Waals surface area contributed by atoms with Crippen LogP contribution in [0.25, 0.3) is 0 Å². The van der Waals surface area contributed by atoms with Crippen LogP contribution in [0.5, 0.6) is 0 Å². The quantitative estimate of drug-likeness (QED) is 0.254. The normalized spacial score (nSPS) is 16.8. The highest BCUT2D eigenvalue weighted by atomic mass is 28.4. The Labute approximate surface area is 131 Å². The molecule has 0 amide bonds. The molecule has 1 aliphatic rings. The zero-order valence-corrected chi connectivity index (χ0v) is 15.0. The Hall–Kier alpha value is -0.433. The van der Waals surface area contributed by atoms with E-state index in [-0.39, 0.29) is 0 Å². The Morgan fingerprint density at radius 3 is 2.05 bits per heavy atom. The summed E-state index contributed by atoms with van der Waals surface area (Å²) < 4.78 is 17.5. The van der Waals surface area contributed by atoms with Crippen molar-refractivity contribution in [1.82, 2.24) is 4.90 Å². The zero-order valence-electron chi connectivity index (χ0n) is 14.0. The van der Waals surface area contributed by atoms with E-state index in [1.165, 1.54) is 19.3 Å². The number of hydrogen-bond acceptors (Lipinski definition) is 4. The number of hydrogen-bond donors (Lipinski definition) is 0. The summed E-state index contributed by atoms with van der Waals surface area (Å²) in [5, 5.41) is 0. The predicted molar refractivity (Wildman–Crippen MR) is 88.8 cm³/mol. The molecule has 21 heavy (non-hydrogen) atoms. The molecule has 1 fully saturated rings. The highest BCUT2D eigenvalue weighted by Crippen LogP contribution is 2.18. The van der Waals surface area contributed by atoms with Crippen LogP contribution in [0.1, 0.15) is 46.5 Å². The van der Waals surface area contributed by atoms with Crippen LogP contribution in [0, 0.1) is 0 Å². The molecule has 124 valence electrons. The average molecular weight is 317 g/mol. The molecule has 1 saturated heterocycles. The van der Waals surface area contributed by atoms with Crippen molar-refractivity contribution in [3.05, 3.63) is 0 Å². The fraction of sp³-hybridized carbons (Fsp3) is 0.933. The summed E-state index contributed by atoms with van der Waals surface area (Å²) in [5.74, 6) is 0. The molecule has 0 saturated carbocycles. The van der Waals surface area contributed by atoms with Gasteiger partial charge in [0.1, 0.15) is 0 Å². The summed E-state index contributed by atoms with van der Waals surface area (Å²) in [5.41, 5.74) is 0. The lowest BCUT2D eigenvalue weighted by Crippen LogP contribution is -2.46. The fourth-order valence-corrected chi connectivity index (χ4v) is 5.19. The third-order valence-corrected chi connectivity index (χ3v) is 6.65. The maximum Gasteiger partial charge on any atom is 0.500 e. The van der Waals surface area contributed by atoms with Crippen LogP contribution < -0.4 is 0 Å². The standard InChI is InChI=1S/C15H32N2O3Si/c1-4-18-21(19-5-2,20-6-3)14-10-11-16-15-17-12-8-7-9-13-17/h15H,4-14H2,1-3H3. The van der Waals surface area contributed by atoms with Gasteiger partial charge in [-0.15, -0.1) is 0 Å². The molecular formula is C15H32N2O3Si. The van der Waals surface area contributed by atoms with Crippen LogP contribution in [0.3, 0.4) is 0 Å². The highest BCUT2D eigenvalue weighted by molar-refractivity contribution is 6.60. The molecule has 0 aromatic rings. The third-order valence-electron chi connectivity index (χ3n) is 3.50. The second kappa shape index (κ2) is 11.2. The van der Waals surface area contributed by atoms with Gasteiger partial charge >= 0.3 is 8.80 Å². The molecule has 1 heterocycles.